The van der Waals surface area contributed by atoms with Crippen molar-refractivity contribution in [3.63, 3.8) is 0 Å². The van der Waals surface area contributed by atoms with E-state index in [1.807, 2.05) is 0 Å². The Balaban J connectivity index is 2.41. The number of aldehydes is 1. The molecule has 50 valence electrons. The van der Waals surface area contributed by atoms with Crippen LogP contribution in [0.5, 0.6) is 0 Å². The molecule has 0 N–H and O–H groups in total. The Kier molecular flexibility index (Phi) is 1.92. The van der Waals surface area contributed by atoms with Gasteiger partial charge in [-0.2, -0.15) is 0 Å². The summed E-state index contributed by atoms with van der Waals surface area (Å²) in [6, 6.07) is 0. The standard InChI is InChI=1S/C5H6O4/c6-3-4(7)5-8-1-2-9-5/h3,5H,1-2H2. The lowest BCUT2D eigenvalue weighted by molar-refractivity contribution is -0.148. The lowest BCUT2D eigenvalue weighted by atomic mass is 10.4. The predicted molar refractivity (Wildman–Crippen MR) is 26.8 cm³/mol. The highest BCUT2D eigenvalue weighted by molar-refractivity contribution is 6.26. The molecule has 1 saturated heterocycles. The Morgan fingerprint density at radius 1 is 1.44 bits per heavy atom. The van der Waals surface area contributed by atoms with Crippen LogP contribution in [0.1, 0.15) is 0 Å². The first-order chi connectivity index (χ1) is 4.34. The number of ketones is 1. The Bertz CT molecular complexity index is 125. The molecule has 4 heteroatoms. The van der Waals surface area contributed by atoms with Gasteiger partial charge >= 0.3 is 0 Å². The van der Waals surface area contributed by atoms with Crippen molar-refractivity contribution in [2.75, 3.05) is 13.2 Å². The van der Waals surface area contributed by atoms with Crippen LogP contribution in [0.3, 0.4) is 0 Å². The van der Waals surface area contributed by atoms with Crippen LogP contribution >= 0.6 is 0 Å². The van der Waals surface area contributed by atoms with E-state index in [4.69, 9.17) is 9.47 Å². The molecule has 1 aliphatic heterocycles. The molecule has 0 spiro atoms. The number of hydrogen-bond donors (Lipinski definition) is 0. The summed E-state index contributed by atoms with van der Waals surface area (Å²) in [6.45, 7) is 0.786. The molecule has 0 unspecified atom stereocenters. The van der Waals surface area contributed by atoms with Gasteiger partial charge in [0.05, 0.1) is 13.2 Å². The summed E-state index contributed by atoms with van der Waals surface area (Å²) < 4.78 is 9.41. The summed E-state index contributed by atoms with van der Waals surface area (Å²) in [7, 11) is 0. The largest absolute Gasteiger partial charge is 0.343 e. The number of rotatable bonds is 2. The molecule has 4 nitrogen and oxygen atoms in total. The third kappa shape index (κ3) is 1.34. The van der Waals surface area contributed by atoms with E-state index in [0.29, 0.717) is 13.2 Å². The zero-order valence-corrected chi connectivity index (χ0v) is 4.70. The van der Waals surface area contributed by atoms with E-state index in [2.05, 4.69) is 0 Å². The van der Waals surface area contributed by atoms with Gasteiger partial charge in [0.15, 0.2) is 6.29 Å². The van der Waals surface area contributed by atoms with Gasteiger partial charge < -0.3 is 9.47 Å². The maximum Gasteiger partial charge on any atom is 0.251 e. The first-order valence-electron chi connectivity index (χ1n) is 2.57. The van der Waals surface area contributed by atoms with Gasteiger partial charge in [-0.1, -0.05) is 0 Å². The van der Waals surface area contributed by atoms with Gasteiger partial charge in [-0.3, -0.25) is 9.59 Å². The highest BCUT2D eigenvalue weighted by atomic mass is 16.7. The second kappa shape index (κ2) is 2.70. The molecule has 1 aliphatic rings. The number of ether oxygens (including phenoxy) is 2. The van der Waals surface area contributed by atoms with Crippen molar-refractivity contribution < 1.29 is 19.1 Å². The third-order valence-electron chi connectivity index (χ3n) is 0.970. The van der Waals surface area contributed by atoms with Crippen LogP contribution in [-0.2, 0) is 19.1 Å². The van der Waals surface area contributed by atoms with Crippen LogP contribution in [0.15, 0.2) is 0 Å². The van der Waals surface area contributed by atoms with Gasteiger partial charge in [0.25, 0.3) is 5.78 Å². The van der Waals surface area contributed by atoms with Crippen LogP contribution in [0.4, 0.5) is 0 Å². The number of Topliss-reactive ketones (excluding diaryl/α,β-unsaturated/α-hetero) is 1. The normalized spacial score (nSPS) is 20.0. The van der Waals surface area contributed by atoms with Crippen LogP contribution in [0.2, 0.25) is 0 Å². The summed E-state index contributed by atoms with van der Waals surface area (Å²) in [4.78, 5) is 20.2. The molecular weight excluding hydrogens is 124 g/mol. The van der Waals surface area contributed by atoms with E-state index in [9.17, 15) is 9.59 Å². The molecule has 1 fully saturated rings. The van der Waals surface area contributed by atoms with Gasteiger partial charge in [-0.25, -0.2) is 0 Å². The maximum atomic E-state index is 10.4. The van der Waals surface area contributed by atoms with Gasteiger partial charge in [-0.15, -0.1) is 0 Å². The first-order valence-corrected chi connectivity index (χ1v) is 2.57. The molecule has 1 rings (SSSR count). The molecule has 0 saturated carbocycles. The minimum absolute atomic E-state index is 0.204. The fourth-order valence-electron chi connectivity index (χ4n) is 0.578. The molecule has 0 amide bonds. The molecule has 0 aromatic carbocycles. The lowest BCUT2D eigenvalue weighted by Crippen LogP contribution is -2.21. The Morgan fingerprint density at radius 2 is 2.00 bits per heavy atom. The van der Waals surface area contributed by atoms with E-state index < -0.39 is 12.1 Å². The average molecular weight is 130 g/mol. The Hall–Kier alpha value is -0.740. The molecule has 1 heterocycles. The zero-order valence-electron chi connectivity index (χ0n) is 4.70. The molecule has 0 atom stereocenters. The van der Waals surface area contributed by atoms with Crippen LogP contribution in [0, 0.1) is 0 Å². The van der Waals surface area contributed by atoms with Gasteiger partial charge in [0.1, 0.15) is 0 Å². The van der Waals surface area contributed by atoms with Crippen LogP contribution in [-0.4, -0.2) is 31.6 Å². The van der Waals surface area contributed by atoms with E-state index in [0.717, 1.165) is 0 Å². The summed E-state index contributed by atoms with van der Waals surface area (Å²) in [5.41, 5.74) is 0. The van der Waals surface area contributed by atoms with E-state index in [1.54, 1.807) is 0 Å². The van der Waals surface area contributed by atoms with E-state index in [1.165, 1.54) is 0 Å². The minimum atomic E-state index is -0.928. The number of hydrogen-bond acceptors (Lipinski definition) is 4. The molecule has 0 aromatic rings. The Labute approximate surface area is 51.7 Å². The fraction of sp³-hybridized carbons (Fsp3) is 0.600. The SMILES string of the molecule is O=CC(=O)C1OCCO1. The van der Waals surface area contributed by atoms with Crippen molar-refractivity contribution in [1.82, 2.24) is 0 Å². The molecular formula is C5H6O4. The van der Waals surface area contributed by atoms with Crippen molar-refractivity contribution in [2.45, 2.75) is 6.29 Å². The maximum absolute atomic E-state index is 10.4. The zero-order chi connectivity index (χ0) is 6.69. The van der Waals surface area contributed by atoms with Gasteiger partial charge in [0.2, 0.25) is 6.29 Å². The van der Waals surface area contributed by atoms with Crippen molar-refractivity contribution >= 4 is 12.1 Å². The first kappa shape index (κ1) is 6.38. The lowest BCUT2D eigenvalue weighted by Gasteiger charge is -1.99. The van der Waals surface area contributed by atoms with Crippen LogP contribution in [0.25, 0.3) is 0 Å². The third-order valence-corrected chi connectivity index (χ3v) is 0.970. The Morgan fingerprint density at radius 3 is 2.44 bits per heavy atom. The van der Waals surface area contributed by atoms with Crippen molar-refractivity contribution in [1.29, 1.82) is 0 Å². The molecule has 0 aromatic heterocycles. The topological polar surface area (TPSA) is 52.6 Å². The van der Waals surface area contributed by atoms with Crippen molar-refractivity contribution in [2.24, 2.45) is 0 Å². The highest BCUT2D eigenvalue weighted by Crippen LogP contribution is 2.02. The molecule has 0 radical (unpaired) electrons. The van der Waals surface area contributed by atoms with Gasteiger partial charge in [0, 0.05) is 0 Å². The number of carbonyl (C=O) groups excluding carboxylic acids is 2. The highest BCUT2D eigenvalue weighted by Gasteiger charge is 2.23. The van der Waals surface area contributed by atoms with E-state index in [-0.39, 0.29) is 6.29 Å². The molecule has 9 heavy (non-hydrogen) atoms. The summed E-state index contributed by atoms with van der Waals surface area (Å²) in [6.07, 6.45) is -0.724. The predicted octanol–water partition coefficient (Wildman–Crippen LogP) is -0.873. The van der Waals surface area contributed by atoms with E-state index >= 15 is 0 Å². The average Bonchev–Trinajstić information content (AvgIpc) is 2.37. The second-order valence-corrected chi connectivity index (χ2v) is 1.59. The fourth-order valence-corrected chi connectivity index (χ4v) is 0.578. The molecule has 0 bridgehead atoms. The van der Waals surface area contributed by atoms with Gasteiger partial charge in [-0.05, 0) is 0 Å². The van der Waals surface area contributed by atoms with Crippen molar-refractivity contribution in [3.8, 4) is 0 Å². The summed E-state index contributed by atoms with van der Waals surface area (Å²) in [5, 5.41) is 0. The summed E-state index contributed by atoms with van der Waals surface area (Å²) in [5.74, 6) is -0.646. The minimum Gasteiger partial charge on any atom is -0.343 e. The summed E-state index contributed by atoms with van der Waals surface area (Å²) >= 11 is 0. The van der Waals surface area contributed by atoms with Crippen molar-refractivity contribution in [3.05, 3.63) is 0 Å². The monoisotopic (exact) mass is 130 g/mol. The van der Waals surface area contributed by atoms with Crippen LogP contribution < -0.4 is 0 Å². The number of carbonyl (C=O) groups is 2. The quantitative estimate of drug-likeness (QED) is 0.360. The molecule has 0 aliphatic carbocycles. The second-order valence-electron chi connectivity index (χ2n) is 1.59. The smallest absolute Gasteiger partial charge is 0.251 e.